The predicted molar refractivity (Wildman–Crippen MR) is 109 cm³/mol. The van der Waals surface area contributed by atoms with Crippen molar-refractivity contribution < 1.29 is 14.3 Å². The molecule has 0 bridgehead atoms. The zero-order valence-electron chi connectivity index (χ0n) is 15.7. The van der Waals surface area contributed by atoms with Crippen molar-refractivity contribution in [2.75, 3.05) is 11.1 Å². The van der Waals surface area contributed by atoms with Crippen LogP contribution in [0, 0.1) is 20.8 Å². The van der Waals surface area contributed by atoms with Crippen LogP contribution in [0.5, 0.6) is 0 Å². The maximum Gasteiger partial charge on any atom is 0.350 e. The number of hydrogen-bond acceptors (Lipinski definition) is 8. The van der Waals surface area contributed by atoms with Gasteiger partial charge in [0.1, 0.15) is 14.6 Å². The molecule has 3 aromatic heterocycles. The number of nitrogens with zero attached hydrogens (tertiary/aromatic N) is 2. The Morgan fingerprint density at radius 2 is 1.85 bits per heavy atom. The van der Waals surface area contributed by atoms with Crippen molar-refractivity contribution in [3.8, 4) is 0 Å². The minimum atomic E-state index is -0.447. The summed E-state index contributed by atoms with van der Waals surface area (Å²) in [6.45, 7) is 9.10. The van der Waals surface area contributed by atoms with Crippen LogP contribution in [-0.4, -0.2) is 27.9 Å². The molecule has 0 aliphatic heterocycles. The first-order valence-electron chi connectivity index (χ1n) is 8.33. The van der Waals surface area contributed by atoms with Crippen molar-refractivity contribution in [3.63, 3.8) is 0 Å². The van der Waals surface area contributed by atoms with Crippen molar-refractivity contribution in [2.24, 2.45) is 0 Å². The highest BCUT2D eigenvalue weighted by Gasteiger charge is 2.22. The molecule has 142 valence electrons. The minimum Gasteiger partial charge on any atom is -0.459 e. The van der Waals surface area contributed by atoms with Crippen LogP contribution >= 0.6 is 22.7 Å². The summed E-state index contributed by atoms with van der Waals surface area (Å²) >= 11 is 2.32. The van der Waals surface area contributed by atoms with Gasteiger partial charge in [-0.25, -0.2) is 14.8 Å². The molecule has 0 aromatic carbocycles. The fourth-order valence-electron chi connectivity index (χ4n) is 2.70. The number of anilines is 2. The quantitative estimate of drug-likeness (QED) is 0.635. The average molecular weight is 405 g/mol. The Hall–Kier alpha value is -2.52. The molecule has 3 rings (SSSR count). The third-order valence-electron chi connectivity index (χ3n) is 3.78. The SMILES string of the molecule is Cc1cc(C)c2c(N)c(C(=O)Nc3nc(C)c(C(=O)OC(C)C)s3)sc2n1. The number of hydrogen-bond donors (Lipinski definition) is 2. The van der Waals surface area contributed by atoms with E-state index in [0.29, 0.717) is 26.3 Å². The maximum atomic E-state index is 12.7. The number of aryl methyl sites for hydroxylation is 3. The van der Waals surface area contributed by atoms with Crippen molar-refractivity contribution >= 4 is 55.6 Å². The van der Waals surface area contributed by atoms with Gasteiger partial charge in [-0.1, -0.05) is 11.3 Å². The first-order valence-corrected chi connectivity index (χ1v) is 9.96. The molecule has 0 spiro atoms. The zero-order valence-corrected chi connectivity index (χ0v) is 17.3. The molecule has 0 radical (unpaired) electrons. The summed E-state index contributed by atoms with van der Waals surface area (Å²) in [5.74, 6) is -0.817. The minimum absolute atomic E-state index is 0.227. The predicted octanol–water partition coefficient (Wildman–Crippen LogP) is 4.08. The molecule has 1 amide bonds. The van der Waals surface area contributed by atoms with Crippen molar-refractivity contribution in [1.82, 2.24) is 9.97 Å². The third-order valence-corrected chi connectivity index (χ3v) is 5.93. The summed E-state index contributed by atoms with van der Waals surface area (Å²) in [5.41, 5.74) is 8.97. The second-order valence-electron chi connectivity index (χ2n) is 6.45. The molecule has 3 heterocycles. The van der Waals surface area contributed by atoms with Crippen LogP contribution in [0.25, 0.3) is 10.2 Å². The topological polar surface area (TPSA) is 107 Å². The summed E-state index contributed by atoms with van der Waals surface area (Å²) < 4.78 is 5.20. The van der Waals surface area contributed by atoms with Crippen LogP contribution in [-0.2, 0) is 4.74 Å². The molecule has 0 saturated heterocycles. The Bertz CT molecular complexity index is 1050. The van der Waals surface area contributed by atoms with Crippen LogP contribution in [0.1, 0.15) is 50.1 Å². The summed E-state index contributed by atoms with van der Waals surface area (Å²) in [4.78, 5) is 35.0. The monoisotopic (exact) mass is 404 g/mol. The fraction of sp³-hybridized carbons (Fsp3) is 0.333. The summed E-state index contributed by atoms with van der Waals surface area (Å²) in [7, 11) is 0. The van der Waals surface area contributed by atoms with E-state index in [1.807, 2.05) is 19.9 Å². The van der Waals surface area contributed by atoms with E-state index in [2.05, 4.69) is 15.3 Å². The highest BCUT2D eigenvalue weighted by Crippen LogP contribution is 2.35. The van der Waals surface area contributed by atoms with E-state index >= 15 is 0 Å². The summed E-state index contributed by atoms with van der Waals surface area (Å²) in [5, 5.41) is 3.85. The summed E-state index contributed by atoms with van der Waals surface area (Å²) in [6, 6.07) is 1.93. The van der Waals surface area contributed by atoms with Gasteiger partial charge in [0.15, 0.2) is 5.13 Å². The van der Waals surface area contributed by atoms with Gasteiger partial charge < -0.3 is 10.5 Å². The van der Waals surface area contributed by atoms with E-state index in [1.54, 1.807) is 20.8 Å². The van der Waals surface area contributed by atoms with Crippen molar-refractivity contribution in [1.29, 1.82) is 0 Å². The average Bonchev–Trinajstić information content (AvgIpc) is 3.06. The number of amides is 1. The maximum absolute atomic E-state index is 12.7. The molecule has 3 aromatic rings. The van der Waals surface area contributed by atoms with Gasteiger partial charge in [0, 0.05) is 11.1 Å². The van der Waals surface area contributed by atoms with E-state index in [-0.39, 0.29) is 12.0 Å². The van der Waals surface area contributed by atoms with E-state index in [4.69, 9.17) is 10.5 Å². The normalized spacial score (nSPS) is 11.2. The lowest BCUT2D eigenvalue weighted by molar-refractivity contribution is 0.0382. The Labute approximate surface area is 164 Å². The number of carbonyl (C=O) groups is 2. The third kappa shape index (κ3) is 3.79. The molecule has 3 N–H and O–H groups in total. The number of nitrogen functional groups attached to an aromatic ring is 1. The van der Waals surface area contributed by atoms with Gasteiger partial charge in [-0.2, -0.15) is 0 Å². The van der Waals surface area contributed by atoms with E-state index < -0.39 is 5.97 Å². The second-order valence-corrected chi connectivity index (χ2v) is 8.45. The van der Waals surface area contributed by atoms with E-state index in [0.717, 1.165) is 32.8 Å². The second kappa shape index (κ2) is 7.24. The number of ether oxygens (including phenoxy) is 1. The number of pyridine rings is 1. The number of thiophene rings is 1. The number of carbonyl (C=O) groups excluding carboxylic acids is 2. The van der Waals surface area contributed by atoms with Crippen LogP contribution in [0.3, 0.4) is 0 Å². The number of nitrogens with one attached hydrogen (secondary N) is 1. The lowest BCUT2D eigenvalue weighted by Crippen LogP contribution is -2.11. The van der Waals surface area contributed by atoms with Crippen molar-refractivity contribution in [3.05, 3.63) is 32.8 Å². The van der Waals surface area contributed by atoms with Crippen LogP contribution in [0.4, 0.5) is 10.8 Å². The van der Waals surface area contributed by atoms with Gasteiger partial charge >= 0.3 is 5.97 Å². The van der Waals surface area contributed by atoms with E-state index in [9.17, 15) is 9.59 Å². The van der Waals surface area contributed by atoms with Crippen LogP contribution in [0.2, 0.25) is 0 Å². The first kappa shape index (κ1) is 19.2. The molecular formula is C18H20N4O3S2. The first-order chi connectivity index (χ1) is 12.7. The Morgan fingerprint density at radius 1 is 1.15 bits per heavy atom. The molecule has 0 saturated carbocycles. The molecule has 0 fully saturated rings. The van der Waals surface area contributed by atoms with Gasteiger partial charge in [0.25, 0.3) is 5.91 Å². The lowest BCUT2D eigenvalue weighted by Gasteiger charge is -2.05. The van der Waals surface area contributed by atoms with E-state index in [1.165, 1.54) is 11.3 Å². The Kier molecular flexibility index (Phi) is 5.16. The highest BCUT2D eigenvalue weighted by atomic mass is 32.1. The van der Waals surface area contributed by atoms with Crippen LogP contribution < -0.4 is 11.1 Å². The number of esters is 1. The molecule has 7 nitrogen and oxygen atoms in total. The number of nitrogens with two attached hydrogens (primary N) is 1. The lowest BCUT2D eigenvalue weighted by atomic mass is 10.1. The van der Waals surface area contributed by atoms with Crippen molar-refractivity contribution in [2.45, 2.75) is 40.7 Å². The van der Waals surface area contributed by atoms with Gasteiger partial charge in [-0.05, 0) is 46.2 Å². The number of rotatable bonds is 4. The van der Waals surface area contributed by atoms with Gasteiger partial charge in [0.05, 0.1) is 17.5 Å². The van der Waals surface area contributed by atoms with Gasteiger partial charge in [0.2, 0.25) is 0 Å². The smallest absolute Gasteiger partial charge is 0.350 e. The molecule has 27 heavy (non-hydrogen) atoms. The highest BCUT2D eigenvalue weighted by molar-refractivity contribution is 7.21. The summed E-state index contributed by atoms with van der Waals surface area (Å²) in [6.07, 6.45) is -0.227. The number of fused-ring (bicyclic) bond motifs is 1. The molecule has 0 aliphatic carbocycles. The van der Waals surface area contributed by atoms with Gasteiger partial charge in [-0.15, -0.1) is 11.3 Å². The molecule has 0 aliphatic rings. The Balaban J connectivity index is 1.88. The number of thiazole rings is 1. The van der Waals surface area contributed by atoms with Crippen LogP contribution in [0.15, 0.2) is 6.07 Å². The molecular weight excluding hydrogens is 384 g/mol. The molecule has 0 atom stereocenters. The number of aromatic nitrogens is 2. The molecule has 0 unspecified atom stereocenters. The Morgan fingerprint density at radius 3 is 2.52 bits per heavy atom. The largest absolute Gasteiger partial charge is 0.459 e. The molecule has 9 heteroatoms. The fourth-order valence-corrected chi connectivity index (χ4v) is 4.65. The van der Waals surface area contributed by atoms with Gasteiger partial charge in [-0.3, -0.25) is 10.1 Å². The standard InChI is InChI=1S/C18H20N4O3S2/c1-7(2)25-17(24)13-10(5)21-18(27-13)22-15(23)14-12(19)11-8(3)6-9(4)20-16(11)26-14/h6-7H,19H2,1-5H3,(H,21,22,23). The zero-order chi connectivity index (χ0) is 19.9.